The summed E-state index contributed by atoms with van der Waals surface area (Å²) in [5, 5.41) is 2.86. The van der Waals surface area contributed by atoms with E-state index in [9.17, 15) is 9.36 Å². The van der Waals surface area contributed by atoms with Gasteiger partial charge in [0.15, 0.2) is 11.5 Å². The Morgan fingerprint density at radius 1 is 0.978 bits per heavy atom. The summed E-state index contributed by atoms with van der Waals surface area (Å²) in [4.78, 5) is 25.0. The highest BCUT2D eigenvalue weighted by molar-refractivity contribution is 8.28. The van der Waals surface area contributed by atoms with Crippen LogP contribution < -0.4 is 10.8 Å². The van der Waals surface area contributed by atoms with Gasteiger partial charge in [-0.2, -0.15) is 0 Å². The Kier molecular flexibility index (Phi) is 19.5. The summed E-state index contributed by atoms with van der Waals surface area (Å²) in [5.41, 5.74) is 7.00. The number of nitrogens with two attached hydrogens (primary N) is 1. The molecule has 258 valence electrons. The number of carbonyl (C=O) groups is 1. The molecule has 0 aliphatic heterocycles. The molecule has 14 heteroatoms. The molecule has 45 heavy (non-hydrogen) atoms. The number of rotatable bonds is 26. The first-order valence-electron chi connectivity index (χ1n) is 16.6. The van der Waals surface area contributed by atoms with Crippen LogP contribution in [0, 0.1) is 0 Å². The summed E-state index contributed by atoms with van der Waals surface area (Å²) in [6.45, 7) is 9.88. The molecule has 0 saturated carbocycles. The largest absolute Gasteiger partial charge is 0.462 e. The number of hydrogen-bond donors (Lipinski definition) is 2. The minimum atomic E-state index is -3.57. The number of esters is 1. The topological polar surface area (TPSA) is 143 Å². The number of imidazole rings is 1. The predicted molar refractivity (Wildman–Crippen MR) is 188 cm³/mol. The number of nitrogen functional groups attached to an aromatic ring is 1. The van der Waals surface area contributed by atoms with Crippen molar-refractivity contribution in [2.24, 2.45) is 0 Å². The van der Waals surface area contributed by atoms with Crippen LogP contribution in [0.4, 0.5) is 5.82 Å². The van der Waals surface area contributed by atoms with E-state index in [4.69, 9.17) is 30.9 Å². The average Bonchev–Trinajstić information content (AvgIpc) is 3.40. The first kappa shape index (κ1) is 39.7. The van der Waals surface area contributed by atoms with Gasteiger partial charge in [-0.1, -0.05) is 88.7 Å². The van der Waals surface area contributed by atoms with Crippen LogP contribution in [0.3, 0.4) is 0 Å². The lowest BCUT2D eigenvalue weighted by Gasteiger charge is -2.25. The van der Waals surface area contributed by atoms with Gasteiger partial charge < -0.3 is 24.3 Å². The highest BCUT2D eigenvalue weighted by Gasteiger charge is 2.31. The van der Waals surface area contributed by atoms with Gasteiger partial charge in [-0.3, -0.25) is 9.36 Å². The fraction of sp³-hybridized carbons (Fsp3) is 0.806. The van der Waals surface area contributed by atoms with Gasteiger partial charge >= 0.3 is 5.97 Å². The third-order valence-electron chi connectivity index (χ3n) is 7.34. The highest BCUT2D eigenvalue weighted by atomic mass is 32.8. The van der Waals surface area contributed by atoms with Crippen molar-refractivity contribution in [2.75, 3.05) is 30.2 Å². The number of carbonyl (C=O) groups excluding carboxylic acids is 1. The van der Waals surface area contributed by atoms with E-state index in [1.807, 2.05) is 6.92 Å². The van der Waals surface area contributed by atoms with Crippen molar-refractivity contribution in [3.8, 4) is 0 Å². The van der Waals surface area contributed by atoms with Crippen molar-refractivity contribution in [3.05, 3.63) is 12.7 Å². The van der Waals surface area contributed by atoms with E-state index in [0.29, 0.717) is 29.3 Å². The highest BCUT2D eigenvalue weighted by Crippen LogP contribution is 2.43. The number of nitrogens with zero attached hydrogens (tertiary/aromatic N) is 4. The van der Waals surface area contributed by atoms with E-state index >= 15 is 0 Å². The number of aromatic nitrogens is 4. The van der Waals surface area contributed by atoms with Gasteiger partial charge in [0.25, 0.3) is 7.52 Å². The van der Waals surface area contributed by atoms with Crippen LogP contribution in [0.25, 0.3) is 11.2 Å². The molecule has 0 aliphatic carbocycles. The van der Waals surface area contributed by atoms with Crippen molar-refractivity contribution in [1.29, 1.82) is 0 Å². The van der Waals surface area contributed by atoms with Crippen LogP contribution in [-0.4, -0.2) is 68.2 Å². The van der Waals surface area contributed by atoms with Crippen LogP contribution >= 0.6 is 7.52 Å². The van der Waals surface area contributed by atoms with Gasteiger partial charge in [0.2, 0.25) is 0 Å². The van der Waals surface area contributed by atoms with Gasteiger partial charge in [-0.25, -0.2) is 20.0 Å². The minimum absolute atomic E-state index is 0.221. The summed E-state index contributed by atoms with van der Waals surface area (Å²) in [6.07, 6.45) is 17.9. The quantitative estimate of drug-likeness (QED) is 0.0620. The lowest BCUT2D eigenvalue weighted by molar-refractivity contribution is -0.149. The SMILES string of the molecule is CCCCCCCCCCCCCCS(=S)CCO[P@](=O)(CO[C@H](C)Cn1cnc2c(N)ncnc21)N[C@@H](C)C(=O)OC(C)C. The Bertz CT molecular complexity index is 1200. The molecule has 0 fully saturated rings. The predicted octanol–water partition coefficient (Wildman–Crippen LogP) is 6.69. The minimum Gasteiger partial charge on any atom is -0.462 e. The molecule has 3 N–H and O–H groups in total. The van der Waals surface area contributed by atoms with E-state index in [-0.39, 0.29) is 34.6 Å². The monoisotopic (exact) mass is 688 g/mol. The number of nitrogens with one attached hydrogen (secondary N) is 1. The molecule has 2 rings (SSSR count). The molecule has 0 saturated heterocycles. The Labute approximate surface area is 277 Å². The first-order chi connectivity index (χ1) is 21.5. The number of hydrogen-bond acceptors (Lipinski definition) is 10. The van der Waals surface area contributed by atoms with Gasteiger partial charge in [0.05, 0.1) is 31.7 Å². The zero-order valence-corrected chi connectivity index (χ0v) is 30.6. The maximum Gasteiger partial charge on any atom is 0.323 e. The molecular weight excluding hydrogens is 631 g/mol. The van der Waals surface area contributed by atoms with E-state index in [2.05, 4.69) is 27.0 Å². The molecule has 0 radical (unpaired) electrons. The summed E-state index contributed by atoms with van der Waals surface area (Å²) in [6, 6.07) is -0.836. The number of fused-ring (bicyclic) bond motifs is 1. The molecule has 2 aromatic heterocycles. The molecule has 0 spiro atoms. The molecule has 0 bridgehead atoms. The second-order valence-corrected chi connectivity index (χ2v) is 17.2. The molecule has 0 amide bonds. The van der Waals surface area contributed by atoms with Crippen LogP contribution in [-0.2, 0) is 50.5 Å². The number of ether oxygens (including phenoxy) is 2. The van der Waals surface area contributed by atoms with E-state index < -0.39 is 19.5 Å². The van der Waals surface area contributed by atoms with Gasteiger partial charge in [-0.05, 0) is 39.9 Å². The van der Waals surface area contributed by atoms with Crippen molar-refractivity contribution < 1.29 is 23.4 Å². The lowest BCUT2D eigenvalue weighted by atomic mass is 10.1. The normalized spacial score (nSPS) is 15.2. The third kappa shape index (κ3) is 16.2. The molecule has 4 atom stereocenters. The number of anilines is 1. The maximum atomic E-state index is 13.9. The molecule has 0 aliphatic rings. The fourth-order valence-corrected chi connectivity index (χ4v) is 8.30. The molecule has 2 heterocycles. The van der Waals surface area contributed by atoms with Gasteiger partial charge in [-0.15, -0.1) is 9.45 Å². The Morgan fingerprint density at radius 3 is 2.22 bits per heavy atom. The second kappa shape index (κ2) is 22.1. The van der Waals surface area contributed by atoms with Crippen molar-refractivity contribution in [1.82, 2.24) is 24.6 Å². The van der Waals surface area contributed by atoms with Crippen molar-refractivity contribution >= 4 is 51.1 Å². The zero-order chi connectivity index (χ0) is 33.1. The van der Waals surface area contributed by atoms with Crippen LogP contribution in [0.1, 0.15) is 112 Å². The molecule has 11 nitrogen and oxygen atoms in total. The lowest BCUT2D eigenvalue weighted by Crippen LogP contribution is -2.36. The van der Waals surface area contributed by atoms with Crippen LogP contribution in [0.5, 0.6) is 0 Å². The summed E-state index contributed by atoms with van der Waals surface area (Å²) < 4.78 is 32.9. The van der Waals surface area contributed by atoms with Crippen LogP contribution in [0.2, 0.25) is 0 Å². The first-order valence-corrected chi connectivity index (χ1v) is 20.9. The maximum absolute atomic E-state index is 13.9. The third-order valence-corrected chi connectivity index (χ3v) is 11.6. The van der Waals surface area contributed by atoms with Gasteiger partial charge in [0.1, 0.15) is 24.2 Å². The van der Waals surface area contributed by atoms with E-state index in [1.54, 1.807) is 31.7 Å². The van der Waals surface area contributed by atoms with Crippen molar-refractivity contribution in [2.45, 2.75) is 136 Å². The fourth-order valence-electron chi connectivity index (χ4n) is 4.87. The molecule has 0 aromatic carbocycles. The summed E-state index contributed by atoms with van der Waals surface area (Å²) in [5.74, 6) is 1.39. The van der Waals surface area contributed by atoms with Crippen LogP contribution in [0.15, 0.2) is 12.7 Å². The molecule has 1 unspecified atom stereocenters. The second-order valence-electron chi connectivity index (χ2n) is 12.0. The smallest absolute Gasteiger partial charge is 0.323 e. The van der Waals surface area contributed by atoms with Crippen molar-refractivity contribution in [3.63, 3.8) is 0 Å². The van der Waals surface area contributed by atoms with E-state index in [1.165, 1.54) is 77.0 Å². The Morgan fingerprint density at radius 2 is 1.60 bits per heavy atom. The summed E-state index contributed by atoms with van der Waals surface area (Å²) in [7, 11) is -3.83. The number of unbranched alkanes of at least 4 members (excludes halogenated alkanes) is 11. The zero-order valence-electron chi connectivity index (χ0n) is 28.1. The summed E-state index contributed by atoms with van der Waals surface area (Å²) >= 11 is 5.70. The Balaban J connectivity index is 1.77. The molecular formula is C31H57N6O5PS2. The average molecular weight is 689 g/mol. The standard InChI is InChI=1S/C31H57N6O5PS2/c1-6-7-8-9-10-11-12-13-14-15-16-17-19-45(44)20-18-41-43(39,36-27(5)31(38)42-25(2)3)24-40-26(4)21-37-23-35-28-29(32)33-22-34-30(28)37/h22-23,25-27H,6-21,24H2,1-5H3,(H,36,39)(H2,32,33,34)/t26-,27+,43-,45?/m1/s1. The molecule has 2 aromatic rings. The Hall–Kier alpha value is -1.50. The van der Waals surface area contributed by atoms with Gasteiger partial charge in [0, 0.05) is 5.75 Å². The van der Waals surface area contributed by atoms with E-state index in [0.717, 1.165) is 12.2 Å².